The van der Waals surface area contributed by atoms with Crippen molar-refractivity contribution in [2.75, 3.05) is 7.05 Å². The Bertz CT molecular complexity index is 519. The molecule has 0 fully saturated rings. The minimum atomic E-state index is -0.233. The zero-order chi connectivity index (χ0) is 13.0. The minimum absolute atomic E-state index is 0.233. The highest BCUT2D eigenvalue weighted by Crippen LogP contribution is 2.11. The third-order valence-electron chi connectivity index (χ3n) is 2.59. The fraction of sp³-hybridized carbons (Fsp3) is 0.214. The van der Waals surface area contributed by atoms with Gasteiger partial charge in [0.1, 0.15) is 11.6 Å². The van der Waals surface area contributed by atoms with Gasteiger partial charge in [-0.25, -0.2) is 4.39 Å². The van der Waals surface area contributed by atoms with Crippen LogP contribution in [0.1, 0.15) is 21.9 Å². The van der Waals surface area contributed by atoms with Gasteiger partial charge in [0.15, 0.2) is 12.0 Å². The van der Waals surface area contributed by atoms with Crippen molar-refractivity contribution in [2.24, 2.45) is 0 Å². The second-order valence-corrected chi connectivity index (χ2v) is 4.22. The number of carbonyl (C=O) groups excluding carboxylic acids is 1. The molecule has 4 heteroatoms. The van der Waals surface area contributed by atoms with E-state index < -0.39 is 0 Å². The van der Waals surface area contributed by atoms with Crippen LogP contribution in [0.5, 0.6) is 0 Å². The standard InChI is InChI=1S/C14H14FNO2/c1-16(8-11-2-4-12(15)5-3-11)9-13-6-7-14(10-17)18-13/h2-7,10H,8-9H2,1H3. The summed E-state index contributed by atoms with van der Waals surface area (Å²) in [5.41, 5.74) is 1.03. The van der Waals surface area contributed by atoms with Gasteiger partial charge in [0.2, 0.25) is 0 Å². The molecule has 0 spiro atoms. The lowest BCUT2D eigenvalue weighted by molar-refractivity contribution is 0.109. The molecule has 94 valence electrons. The summed E-state index contributed by atoms with van der Waals surface area (Å²) >= 11 is 0. The van der Waals surface area contributed by atoms with Crippen LogP contribution in [-0.2, 0) is 13.1 Å². The summed E-state index contributed by atoms with van der Waals surface area (Å²) in [7, 11) is 1.94. The van der Waals surface area contributed by atoms with E-state index in [0.717, 1.165) is 11.3 Å². The number of nitrogens with zero attached hydrogens (tertiary/aromatic N) is 1. The Morgan fingerprint density at radius 2 is 1.89 bits per heavy atom. The molecule has 0 unspecified atom stereocenters. The van der Waals surface area contributed by atoms with E-state index >= 15 is 0 Å². The van der Waals surface area contributed by atoms with Gasteiger partial charge >= 0.3 is 0 Å². The summed E-state index contributed by atoms with van der Waals surface area (Å²) in [5, 5.41) is 0. The molecule has 3 nitrogen and oxygen atoms in total. The van der Waals surface area contributed by atoms with Crippen molar-refractivity contribution in [3.05, 3.63) is 59.3 Å². The fourth-order valence-electron chi connectivity index (χ4n) is 1.77. The number of hydrogen-bond acceptors (Lipinski definition) is 3. The van der Waals surface area contributed by atoms with Crippen LogP contribution in [0.4, 0.5) is 4.39 Å². The molecule has 2 rings (SSSR count). The second kappa shape index (κ2) is 5.60. The van der Waals surface area contributed by atoms with Gasteiger partial charge in [0.25, 0.3) is 0 Å². The lowest BCUT2D eigenvalue weighted by Crippen LogP contribution is -2.16. The average Bonchev–Trinajstić information content (AvgIpc) is 2.79. The van der Waals surface area contributed by atoms with Crippen LogP contribution in [0, 0.1) is 5.82 Å². The van der Waals surface area contributed by atoms with Crippen LogP contribution >= 0.6 is 0 Å². The predicted molar refractivity (Wildman–Crippen MR) is 65.7 cm³/mol. The Hall–Kier alpha value is -1.94. The molecule has 1 aromatic heterocycles. The molecule has 0 aliphatic heterocycles. The van der Waals surface area contributed by atoms with Crippen LogP contribution in [0.25, 0.3) is 0 Å². The maximum atomic E-state index is 12.8. The molecule has 18 heavy (non-hydrogen) atoms. The van der Waals surface area contributed by atoms with Crippen molar-refractivity contribution in [1.82, 2.24) is 4.90 Å². The van der Waals surface area contributed by atoms with Crippen molar-refractivity contribution in [1.29, 1.82) is 0 Å². The highest BCUT2D eigenvalue weighted by atomic mass is 19.1. The van der Waals surface area contributed by atoms with Crippen molar-refractivity contribution in [3.8, 4) is 0 Å². The van der Waals surface area contributed by atoms with E-state index in [1.54, 1.807) is 24.3 Å². The zero-order valence-corrected chi connectivity index (χ0v) is 10.1. The first-order valence-corrected chi connectivity index (χ1v) is 5.64. The molecule has 0 radical (unpaired) electrons. The van der Waals surface area contributed by atoms with Gasteiger partial charge in [-0.15, -0.1) is 0 Å². The number of benzene rings is 1. The molecule has 0 N–H and O–H groups in total. The van der Waals surface area contributed by atoms with E-state index in [4.69, 9.17) is 4.42 Å². The monoisotopic (exact) mass is 247 g/mol. The van der Waals surface area contributed by atoms with E-state index in [0.29, 0.717) is 25.1 Å². The molecule has 1 heterocycles. The van der Waals surface area contributed by atoms with Crippen molar-refractivity contribution in [2.45, 2.75) is 13.1 Å². The molecule has 0 saturated carbocycles. The maximum absolute atomic E-state index is 12.8. The van der Waals surface area contributed by atoms with E-state index in [-0.39, 0.29) is 5.82 Å². The summed E-state index contributed by atoms with van der Waals surface area (Å²) in [6.07, 6.45) is 0.684. The molecule has 0 aliphatic carbocycles. The van der Waals surface area contributed by atoms with Crippen molar-refractivity contribution >= 4 is 6.29 Å². The molecule has 0 bridgehead atoms. The van der Waals surface area contributed by atoms with Crippen molar-refractivity contribution < 1.29 is 13.6 Å². The maximum Gasteiger partial charge on any atom is 0.185 e. The molecular weight excluding hydrogens is 233 g/mol. The largest absolute Gasteiger partial charge is 0.457 e. The number of aldehydes is 1. The van der Waals surface area contributed by atoms with Gasteiger partial charge in [-0.3, -0.25) is 9.69 Å². The SMILES string of the molecule is CN(Cc1ccc(F)cc1)Cc1ccc(C=O)o1. The molecule has 1 aromatic carbocycles. The lowest BCUT2D eigenvalue weighted by atomic mass is 10.2. The number of hydrogen-bond donors (Lipinski definition) is 0. The third-order valence-corrected chi connectivity index (χ3v) is 2.59. The van der Waals surface area contributed by atoms with Crippen molar-refractivity contribution in [3.63, 3.8) is 0 Å². The molecular formula is C14H14FNO2. The second-order valence-electron chi connectivity index (χ2n) is 4.22. The summed E-state index contributed by atoms with van der Waals surface area (Å²) in [4.78, 5) is 12.5. The number of rotatable bonds is 5. The fourth-order valence-corrected chi connectivity index (χ4v) is 1.77. The number of halogens is 1. The van der Waals surface area contributed by atoms with Gasteiger partial charge in [-0.1, -0.05) is 12.1 Å². The zero-order valence-electron chi connectivity index (χ0n) is 10.1. The smallest absolute Gasteiger partial charge is 0.185 e. The van der Waals surface area contributed by atoms with Gasteiger partial charge in [-0.05, 0) is 36.9 Å². The van der Waals surface area contributed by atoms with Crippen LogP contribution in [0.2, 0.25) is 0 Å². The first-order valence-electron chi connectivity index (χ1n) is 5.64. The van der Waals surface area contributed by atoms with Gasteiger partial charge in [-0.2, -0.15) is 0 Å². The summed E-state index contributed by atoms with van der Waals surface area (Å²) in [6.45, 7) is 1.29. The molecule has 0 saturated heterocycles. The van der Waals surface area contributed by atoms with Crippen LogP contribution in [0.15, 0.2) is 40.8 Å². The highest BCUT2D eigenvalue weighted by Gasteiger charge is 2.06. The van der Waals surface area contributed by atoms with E-state index in [2.05, 4.69) is 0 Å². The Balaban J connectivity index is 1.93. The summed E-state index contributed by atoms with van der Waals surface area (Å²) in [6, 6.07) is 9.83. The first kappa shape index (κ1) is 12.5. The Labute approximate surface area is 105 Å². The summed E-state index contributed by atoms with van der Waals surface area (Å²) < 4.78 is 18.0. The third kappa shape index (κ3) is 3.28. The van der Waals surface area contributed by atoms with Crippen LogP contribution in [-0.4, -0.2) is 18.2 Å². The topological polar surface area (TPSA) is 33.5 Å². The van der Waals surface area contributed by atoms with Crippen LogP contribution < -0.4 is 0 Å². The van der Waals surface area contributed by atoms with Gasteiger partial charge in [0, 0.05) is 6.54 Å². The summed E-state index contributed by atoms with van der Waals surface area (Å²) in [5.74, 6) is 0.838. The normalized spacial score (nSPS) is 10.8. The number of furan rings is 1. The average molecular weight is 247 g/mol. The van der Waals surface area contributed by atoms with Gasteiger partial charge in [0.05, 0.1) is 6.54 Å². The molecule has 0 aliphatic rings. The minimum Gasteiger partial charge on any atom is -0.457 e. The number of carbonyl (C=O) groups is 1. The molecule has 0 atom stereocenters. The Morgan fingerprint density at radius 3 is 2.50 bits per heavy atom. The van der Waals surface area contributed by atoms with E-state index in [1.807, 2.05) is 11.9 Å². The first-order chi connectivity index (χ1) is 8.67. The van der Waals surface area contributed by atoms with E-state index in [9.17, 15) is 9.18 Å². The van der Waals surface area contributed by atoms with E-state index in [1.165, 1.54) is 12.1 Å². The Morgan fingerprint density at radius 1 is 1.17 bits per heavy atom. The molecule has 0 amide bonds. The quantitative estimate of drug-likeness (QED) is 0.762. The van der Waals surface area contributed by atoms with Gasteiger partial charge < -0.3 is 4.42 Å². The predicted octanol–water partition coefficient (Wildman–Crippen LogP) is 2.86. The lowest BCUT2D eigenvalue weighted by Gasteiger charge is -2.14. The highest BCUT2D eigenvalue weighted by molar-refractivity contribution is 5.70. The van der Waals surface area contributed by atoms with Crippen LogP contribution in [0.3, 0.4) is 0 Å². The molecule has 2 aromatic rings. The Kier molecular flexibility index (Phi) is 3.89.